The van der Waals surface area contributed by atoms with E-state index in [-0.39, 0.29) is 11.9 Å². The lowest BCUT2D eigenvalue weighted by atomic mass is 9.70. The normalized spacial score (nSPS) is 20.3. The van der Waals surface area contributed by atoms with E-state index in [4.69, 9.17) is 0 Å². The second kappa shape index (κ2) is 5.67. The first-order chi connectivity index (χ1) is 7.43. The van der Waals surface area contributed by atoms with E-state index in [2.05, 4.69) is 31.4 Å². The molecule has 16 heavy (non-hydrogen) atoms. The lowest BCUT2D eigenvalue weighted by Gasteiger charge is -2.39. The van der Waals surface area contributed by atoms with E-state index in [1.807, 2.05) is 6.92 Å². The Kier molecular flexibility index (Phi) is 4.78. The molecule has 2 N–H and O–H groups in total. The summed E-state index contributed by atoms with van der Waals surface area (Å²) in [5.74, 6) is 0.636. The molecule has 1 rings (SSSR count). The zero-order valence-corrected chi connectivity index (χ0v) is 11.1. The van der Waals surface area contributed by atoms with Gasteiger partial charge in [-0.1, -0.05) is 27.2 Å². The van der Waals surface area contributed by atoms with Gasteiger partial charge in [0.05, 0.1) is 6.04 Å². The van der Waals surface area contributed by atoms with E-state index in [0.717, 1.165) is 13.1 Å². The van der Waals surface area contributed by atoms with E-state index < -0.39 is 0 Å². The Balaban J connectivity index is 2.18. The number of carbonyl (C=O) groups excluding carboxylic acids is 1. The molecule has 0 aromatic carbocycles. The Morgan fingerprint density at radius 2 is 1.94 bits per heavy atom. The Morgan fingerprint density at radius 3 is 2.38 bits per heavy atom. The molecular formula is C13H26N2O. The Labute approximate surface area is 99.4 Å². The van der Waals surface area contributed by atoms with Crippen LogP contribution >= 0.6 is 0 Å². The van der Waals surface area contributed by atoms with Crippen LogP contribution in [0.25, 0.3) is 0 Å². The molecule has 0 radical (unpaired) electrons. The van der Waals surface area contributed by atoms with Crippen LogP contribution in [0.1, 0.15) is 47.0 Å². The second-order valence-corrected chi connectivity index (χ2v) is 5.91. The van der Waals surface area contributed by atoms with Gasteiger partial charge >= 0.3 is 0 Å². The first-order valence-corrected chi connectivity index (χ1v) is 6.44. The highest BCUT2D eigenvalue weighted by atomic mass is 16.2. The maximum atomic E-state index is 11.7. The number of amides is 1. The molecule has 0 aliphatic heterocycles. The van der Waals surface area contributed by atoms with Crippen molar-refractivity contribution in [2.24, 2.45) is 11.3 Å². The Morgan fingerprint density at radius 1 is 1.31 bits per heavy atom. The van der Waals surface area contributed by atoms with Crippen LogP contribution < -0.4 is 10.6 Å². The van der Waals surface area contributed by atoms with Crippen molar-refractivity contribution >= 4 is 5.91 Å². The molecule has 1 saturated carbocycles. The minimum absolute atomic E-state index is 0.0730. The van der Waals surface area contributed by atoms with E-state index in [0.29, 0.717) is 11.3 Å². The van der Waals surface area contributed by atoms with Gasteiger partial charge in [0.2, 0.25) is 5.91 Å². The van der Waals surface area contributed by atoms with Gasteiger partial charge in [-0.3, -0.25) is 4.79 Å². The summed E-state index contributed by atoms with van der Waals surface area (Å²) in [7, 11) is 0. The van der Waals surface area contributed by atoms with Crippen LogP contribution in [-0.2, 0) is 4.79 Å². The highest BCUT2D eigenvalue weighted by molar-refractivity contribution is 5.81. The van der Waals surface area contributed by atoms with Gasteiger partial charge in [-0.05, 0) is 31.1 Å². The first-order valence-electron chi connectivity index (χ1n) is 6.44. The van der Waals surface area contributed by atoms with E-state index in [1.165, 1.54) is 19.3 Å². The summed E-state index contributed by atoms with van der Waals surface area (Å²) in [6.07, 6.45) is 3.92. The van der Waals surface area contributed by atoms with Crippen LogP contribution in [0.3, 0.4) is 0 Å². The second-order valence-electron chi connectivity index (χ2n) is 5.91. The molecule has 0 saturated heterocycles. The number of nitrogens with one attached hydrogen (secondary N) is 2. The molecule has 1 aliphatic carbocycles. The topological polar surface area (TPSA) is 41.1 Å². The highest BCUT2D eigenvalue weighted by Crippen LogP contribution is 2.39. The number of hydrogen-bond donors (Lipinski definition) is 2. The zero-order valence-electron chi connectivity index (χ0n) is 11.1. The largest absolute Gasteiger partial charge is 0.354 e. The number of hydrogen-bond acceptors (Lipinski definition) is 2. The molecule has 0 aromatic rings. The molecule has 0 bridgehead atoms. The van der Waals surface area contributed by atoms with Crippen molar-refractivity contribution in [2.75, 3.05) is 13.1 Å². The van der Waals surface area contributed by atoms with E-state index in [9.17, 15) is 4.79 Å². The van der Waals surface area contributed by atoms with Crippen LogP contribution in [0, 0.1) is 11.3 Å². The standard InChI is InChI=1S/C13H26N2O/c1-10(2)8-14-12(16)11(3)15-9-13(4)6-5-7-13/h10-11,15H,5-9H2,1-4H3,(H,14,16). The van der Waals surface area contributed by atoms with Crippen LogP contribution in [-0.4, -0.2) is 25.0 Å². The van der Waals surface area contributed by atoms with E-state index in [1.54, 1.807) is 0 Å². The molecule has 3 nitrogen and oxygen atoms in total. The third-order valence-electron chi connectivity index (χ3n) is 3.47. The molecule has 1 aliphatic rings. The summed E-state index contributed by atoms with van der Waals surface area (Å²) >= 11 is 0. The molecule has 0 aromatic heterocycles. The lowest BCUT2D eigenvalue weighted by Crippen LogP contribution is -2.48. The van der Waals surface area contributed by atoms with Gasteiger partial charge < -0.3 is 10.6 Å². The lowest BCUT2D eigenvalue weighted by molar-refractivity contribution is -0.123. The predicted octanol–water partition coefficient (Wildman–Crippen LogP) is 1.93. The zero-order chi connectivity index (χ0) is 12.2. The molecule has 0 spiro atoms. The van der Waals surface area contributed by atoms with Gasteiger partial charge in [-0.25, -0.2) is 0 Å². The molecule has 3 heteroatoms. The molecule has 0 heterocycles. The van der Waals surface area contributed by atoms with Crippen molar-refractivity contribution in [3.8, 4) is 0 Å². The van der Waals surface area contributed by atoms with Crippen molar-refractivity contribution in [1.82, 2.24) is 10.6 Å². The summed E-state index contributed by atoms with van der Waals surface area (Å²) in [5.41, 5.74) is 0.437. The van der Waals surface area contributed by atoms with Crippen LogP contribution in [0.4, 0.5) is 0 Å². The average Bonchev–Trinajstić information content (AvgIpc) is 2.19. The molecular weight excluding hydrogens is 200 g/mol. The van der Waals surface area contributed by atoms with Crippen molar-refractivity contribution < 1.29 is 4.79 Å². The fourth-order valence-corrected chi connectivity index (χ4v) is 1.91. The monoisotopic (exact) mass is 226 g/mol. The predicted molar refractivity (Wildman–Crippen MR) is 67.3 cm³/mol. The molecule has 1 atom stereocenters. The number of rotatable bonds is 6. The quantitative estimate of drug-likeness (QED) is 0.726. The Bertz CT molecular complexity index is 234. The van der Waals surface area contributed by atoms with Crippen LogP contribution in [0.15, 0.2) is 0 Å². The Hall–Kier alpha value is -0.570. The molecule has 1 fully saturated rings. The third kappa shape index (κ3) is 4.12. The minimum Gasteiger partial charge on any atom is -0.354 e. The van der Waals surface area contributed by atoms with Gasteiger partial charge in [0.15, 0.2) is 0 Å². The van der Waals surface area contributed by atoms with E-state index >= 15 is 0 Å². The highest BCUT2D eigenvalue weighted by Gasteiger charge is 2.32. The summed E-state index contributed by atoms with van der Waals surface area (Å²) in [5, 5.41) is 6.29. The summed E-state index contributed by atoms with van der Waals surface area (Å²) in [6, 6.07) is -0.0730. The summed E-state index contributed by atoms with van der Waals surface area (Å²) in [6.45, 7) is 10.2. The number of carbonyl (C=O) groups is 1. The molecule has 1 amide bonds. The van der Waals surface area contributed by atoms with Crippen LogP contribution in [0.2, 0.25) is 0 Å². The maximum Gasteiger partial charge on any atom is 0.236 e. The van der Waals surface area contributed by atoms with Crippen molar-refractivity contribution in [2.45, 2.75) is 53.0 Å². The molecule has 94 valence electrons. The fraction of sp³-hybridized carbons (Fsp3) is 0.923. The fourth-order valence-electron chi connectivity index (χ4n) is 1.91. The third-order valence-corrected chi connectivity index (χ3v) is 3.47. The first kappa shape index (κ1) is 13.5. The molecule has 1 unspecified atom stereocenters. The van der Waals surface area contributed by atoms with Gasteiger partial charge in [0.1, 0.15) is 0 Å². The summed E-state index contributed by atoms with van der Waals surface area (Å²) < 4.78 is 0. The van der Waals surface area contributed by atoms with Gasteiger partial charge in [-0.15, -0.1) is 0 Å². The SMILES string of the molecule is CC(C)CNC(=O)C(C)NCC1(C)CCC1. The maximum absolute atomic E-state index is 11.7. The van der Waals surface area contributed by atoms with Crippen molar-refractivity contribution in [1.29, 1.82) is 0 Å². The van der Waals surface area contributed by atoms with Crippen molar-refractivity contribution in [3.63, 3.8) is 0 Å². The average molecular weight is 226 g/mol. The van der Waals surface area contributed by atoms with Crippen LogP contribution in [0.5, 0.6) is 0 Å². The van der Waals surface area contributed by atoms with Gasteiger partial charge in [-0.2, -0.15) is 0 Å². The van der Waals surface area contributed by atoms with Crippen molar-refractivity contribution in [3.05, 3.63) is 0 Å². The minimum atomic E-state index is -0.0730. The smallest absolute Gasteiger partial charge is 0.236 e. The van der Waals surface area contributed by atoms with Gasteiger partial charge in [0.25, 0.3) is 0 Å². The summed E-state index contributed by atoms with van der Waals surface area (Å²) in [4.78, 5) is 11.7. The van der Waals surface area contributed by atoms with Gasteiger partial charge in [0, 0.05) is 13.1 Å².